The summed E-state index contributed by atoms with van der Waals surface area (Å²) in [5, 5.41) is 0. The van der Waals surface area contributed by atoms with Crippen LogP contribution in [0.4, 0.5) is 0 Å². The Bertz CT molecular complexity index is 313. The van der Waals surface area contributed by atoms with Crippen molar-refractivity contribution < 1.29 is 4.74 Å². The van der Waals surface area contributed by atoms with E-state index in [0.29, 0.717) is 12.2 Å². The minimum atomic E-state index is 0.339. The summed E-state index contributed by atoms with van der Waals surface area (Å²) in [7, 11) is 0. The summed E-state index contributed by atoms with van der Waals surface area (Å²) >= 11 is 0. The van der Waals surface area contributed by atoms with Crippen LogP contribution in [-0.2, 0) is 4.74 Å². The van der Waals surface area contributed by atoms with E-state index in [0.717, 1.165) is 0 Å². The minimum absolute atomic E-state index is 0.339. The van der Waals surface area contributed by atoms with Crippen molar-refractivity contribution in [1.82, 2.24) is 0 Å². The molecule has 0 bridgehead atoms. The number of benzene rings is 1. The highest BCUT2D eigenvalue weighted by Gasteiger charge is 2.22. The number of rotatable bonds is 3. The predicted molar refractivity (Wildman–Crippen MR) is 67.6 cm³/mol. The quantitative estimate of drug-likeness (QED) is 0.730. The van der Waals surface area contributed by atoms with Gasteiger partial charge in [0.05, 0.1) is 12.2 Å². The Morgan fingerprint density at radius 2 is 1.94 bits per heavy atom. The molecule has 0 radical (unpaired) electrons. The average molecular weight is 218 g/mol. The van der Waals surface area contributed by atoms with E-state index in [1.807, 2.05) is 0 Å². The zero-order valence-corrected chi connectivity index (χ0v) is 10.4. The highest BCUT2D eigenvalue weighted by Crippen LogP contribution is 2.32. The van der Waals surface area contributed by atoms with Crippen molar-refractivity contribution in [2.24, 2.45) is 0 Å². The molecular weight excluding hydrogens is 196 g/mol. The average Bonchev–Trinajstić information content (AvgIpc) is 2.31. The van der Waals surface area contributed by atoms with Crippen molar-refractivity contribution in [2.75, 3.05) is 0 Å². The SMILES string of the molecule is CCC[C@H]1CCC[C@@H](c2ccc(C)cc2)O1. The summed E-state index contributed by atoms with van der Waals surface area (Å²) in [5.74, 6) is 0. The van der Waals surface area contributed by atoms with Crippen molar-refractivity contribution in [1.29, 1.82) is 0 Å². The van der Waals surface area contributed by atoms with Crippen molar-refractivity contribution >= 4 is 0 Å². The lowest BCUT2D eigenvalue weighted by Gasteiger charge is -2.30. The molecule has 0 aliphatic carbocycles. The van der Waals surface area contributed by atoms with Crippen LogP contribution in [0, 0.1) is 6.92 Å². The van der Waals surface area contributed by atoms with Gasteiger partial charge in [-0.05, 0) is 38.2 Å². The zero-order chi connectivity index (χ0) is 11.4. The van der Waals surface area contributed by atoms with Gasteiger partial charge in [0, 0.05) is 0 Å². The van der Waals surface area contributed by atoms with Gasteiger partial charge in [-0.25, -0.2) is 0 Å². The van der Waals surface area contributed by atoms with E-state index in [4.69, 9.17) is 4.74 Å². The van der Waals surface area contributed by atoms with Gasteiger partial charge in [0.15, 0.2) is 0 Å². The Kier molecular flexibility index (Phi) is 4.00. The Hall–Kier alpha value is -0.820. The number of ether oxygens (including phenoxy) is 1. The van der Waals surface area contributed by atoms with E-state index in [9.17, 15) is 0 Å². The second-order valence-corrected chi connectivity index (χ2v) is 4.88. The van der Waals surface area contributed by atoms with Crippen LogP contribution >= 0.6 is 0 Å². The van der Waals surface area contributed by atoms with Gasteiger partial charge >= 0.3 is 0 Å². The standard InChI is InChI=1S/C15H22O/c1-3-5-14-6-4-7-15(16-14)13-10-8-12(2)9-11-13/h8-11,14-15H,3-7H2,1-2H3/t14-,15-/m0/s1. The van der Waals surface area contributed by atoms with Gasteiger partial charge in [0.2, 0.25) is 0 Å². The summed E-state index contributed by atoms with van der Waals surface area (Å²) in [6, 6.07) is 8.80. The summed E-state index contributed by atoms with van der Waals surface area (Å²) in [6.45, 7) is 4.37. The molecule has 1 aromatic rings. The lowest BCUT2D eigenvalue weighted by atomic mass is 9.96. The highest BCUT2D eigenvalue weighted by molar-refractivity contribution is 5.23. The number of hydrogen-bond acceptors (Lipinski definition) is 1. The van der Waals surface area contributed by atoms with Crippen molar-refractivity contribution in [3.05, 3.63) is 35.4 Å². The van der Waals surface area contributed by atoms with Crippen LogP contribution in [0.2, 0.25) is 0 Å². The smallest absolute Gasteiger partial charge is 0.0828 e. The Morgan fingerprint density at radius 3 is 2.62 bits per heavy atom. The first-order valence-electron chi connectivity index (χ1n) is 6.51. The predicted octanol–water partition coefficient (Wildman–Crippen LogP) is 4.41. The van der Waals surface area contributed by atoms with E-state index >= 15 is 0 Å². The normalized spacial score (nSPS) is 25.6. The van der Waals surface area contributed by atoms with Gasteiger partial charge in [-0.2, -0.15) is 0 Å². The molecular formula is C15H22O. The van der Waals surface area contributed by atoms with Gasteiger partial charge in [0.25, 0.3) is 0 Å². The monoisotopic (exact) mass is 218 g/mol. The lowest BCUT2D eigenvalue weighted by molar-refractivity contribution is -0.0550. The molecule has 1 saturated heterocycles. The largest absolute Gasteiger partial charge is 0.370 e. The number of hydrogen-bond donors (Lipinski definition) is 0. The lowest BCUT2D eigenvalue weighted by Crippen LogP contribution is -2.22. The molecule has 0 amide bonds. The number of aryl methyl sites for hydroxylation is 1. The van der Waals surface area contributed by atoms with Crippen molar-refractivity contribution in [3.8, 4) is 0 Å². The first-order valence-corrected chi connectivity index (χ1v) is 6.51. The van der Waals surface area contributed by atoms with Gasteiger partial charge in [-0.1, -0.05) is 43.2 Å². The molecule has 16 heavy (non-hydrogen) atoms. The van der Waals surface area contributed by atoms with Gasteiger partial charge in [-0.15, -0.1) is 0 Å². The second kappa shape index (κ2) is 5.49. The fraction of sp³-hybridized carbons (Fsp3) is 0.600. The highest BCUT2D eigenvalue weighted by atomic mass is 16.5. The molecule has 1 aromatic carbocycles. The van der Waals surface area contributed by atoms with Gasteiger partial charge < -0.3 is 4.74 Å². The fourth-order valence-corrected chi connectivity index (χ4v) is 2.46. The molecule has 1 fully saturated rings. The van der Waals surface area contributed by atoms with E-state index in [1.54, 1.807) is 0 Å². The van der Waals surface area contributed by atoms with E-state index in [-0.39, 0.29) is 0 Å². The van der Waals surface area contributed by atoms with Gasteiger partial charge in [-0.3, -0.25) is 0 Å². The molecule has 1 aliphatic heterocycles. The third kappa shape index (κ3) is 2.85. The molecule has 0 saturated carbocycles. The van der Waals surface area contributed by atoms with E-state index in [2.05, 4.69) is 38.1 Å². The maximum Gasteiger partial charge on any atom is 0.0828 e. The summed E-state index contributed by atoms with van der Waals surface area (Å²) < 4.78 is 6.15. The zero-order valence-electron chi connectivity index (χ0n) is 10.4. The molecule has 2 atom stereocenters. The molecule has 1 nitrogen and oxygen atoms in total. The van der Waals surface area contributed by atoms with Crippen molar-refractivity contribution in [3.63, 3.8) is 0 Å². The summed E-state index contributed by atoms with van der Waals surface area (Å²) in [4.78, 5) is 0. The second-order valence-electron chi connectivity index (χ2n) is 4.88. The molecule has 1 aliphatic rings. The van der Waals surface area contributed by atoms with Crippen LogP contribution in [0.5, 0.6) is 0 Å². The van der Waals surface area contributed by atoms with Crippen LogP contribution in [0.3, 0.4) is 0 Å². The Labute approximate surface area is 98.8 Å². The van der Waals surface area contributed by atoms with Crippen LogP contribution in [0.1, 0.15) is 56.3 Å². The molecule has 88 valence electrons. The third-order valence-corrected chi connectivity index (χ3v) is 3.41. The molecule has 0 spiro atoms. The summed E-state index contributed by atoms with van der Waals surface area (Å²) in [5.41, 5.74) is 2.68. The van der Waals surface area contributed by atoms with Gasteiger partial charge in [0.1, 0.15) is 0 Å². The first-order chi connectivity index (χ1) is 7.79. The fourth-order valence-electron chi connectivity index (χ4n) is 2.46. The maximum absolute atomic E-state index is 6.15. The Morgan fingerprint density at radius 1 is 1.19 bits per heavy atom. The first kappa shape index (κ1) is 11.7. The minimum Gasteiger partial charge on any atom is -0.370 e. The molecule has 2 rings (SSSR count). The Balaban J connectivity index is 2.01. The van der Waals surface area contributed by atoms with Crippen molar-refractivity contribution in [2.45, 2.75) is 58.2 Å². The van der Waals surface area contributed by atoms with Crippen LogP contribution in [0.25, 0.3) is 0 Å². The molecule has 1 heterocycles. The maximum atomic E-state index is 6.15. The van der Waals surface area contributed by atoms with Crippen LogP contribution in [-0.4, -0.2) is 6.10 Å². The summed E-state index contributed by atoms with van der Waals surface area (Å²) in [6.07, 6.45) is 7.01. The van der Waals surface area contributed by atoms with Crippen LogP contribution in [0.15, 0.2) is 24.3 Å². The van der Waals surface area contributed by atoms with E-state index in [1.165, 1.54) is 43.2 Å². The molecule has 1 heteroatoms. The van der Waals surface area contributed by atoms with Crippen LogP contribution < -0.4 is 0 Å². The van der Waals surface area contributed by atoms with E-state index < -0.39 is 0 Å². The molecule has 0 aromatic heterocycles. The molecule has 0 N–H and O–H groups in total. The third-order valence-electron chi connectivity index (χ3n) is 3.41. The topological polar surface area (TPSA) is 9.23 Å². The molecule has 0 unspecified atom stereocenters.